The third kappa shape index (κ3) is 4.08. The normalized spacial score (nSPS) is 13.8. The largest absolute Gasteiger partial charge is 0.496 e. The monoisotopic (exact) mass is 347 g/mol. The fraction of sp³-hybridized carbons (Fsp3) is 0.333. The Kier molecular flexibility index (Phi) is 5.43. The molecule has 0 fully saturated rings. The molecule has 112 valence electrons. The van der Waals surface area contributed by atoms with Crippen molar-refractivity contribution in [1.29, 1.82) is 0 Å². The van der Waals surface area contributed by atoms with Crippen molar-refractivity contribution in [2.45, 2.75) is 32.9 Å². The first kappa shape index (κ1) is 16.1. The Morgan fingerprint density at radius 1 is 1.00 bits per heavy atom. The number of hydrogen-bond donors (Lipinski definition) is 1. The van der Waals surface area contributed by atoms with E-state index in [0.717, 1.165) is 10.2 Å². The van der Waals surface area contributed by atoms with E-state index in [2.05, 4.69) is 84.5 Å². The van der Waals surface area contributed by atoms with Crippen LogP contribution in [0.1, 0.15) is 42.6 Å². The number of ether oxygens (including phenoxy) is 1. The highest BCUT2D eigenvalue weighted by molar-refractivity contribution is 9.10. The molecule has 2 rings (SSSR count). The van der Waals surface area contributed by atoms with Crippen molar-refractivity contribution in [2.24, 2.45) is 0 Å². The third-order valence-corrected chi connectivity index (χ3v) is 4.25. The summed E-state index contributed by atoms with van der Waals surface area (Å²) in [6, 6.07) is 15.3. The lowest BCUT2D eigenvalue weighted by Gasteiger charge is -2.22. The molecule has 0 aliphatic rings. The number of halogens is 1. The van der Waals surface area contributed by atoms with Gasteiger partial charge in [-0.1, -0.05) is 40.2 Å². The van der Waals surface area contributed by atoms with Crippen molar-refractivity contribution in [3.05, 3.63) is 63.6 Å². The van der Waals surface area contributed by atoms with Gasteiger partial charge in [-0.3, -0.25) is 0 Å². The van der Waals surface area contributed by atoms with Crippen LogP contribution < -0.4 is 10.1 Å². The maximum Gasteiger partial charge on any atom is 0.123 e. The summed E-state index contributed by atoms with van der Waals surface area (Å²) in [4.78, 5) is 0. The average Bonchev–Trinajstić information content (AvgIpc) is 2.47. The van der Waals surface area contributed by atoms with E-state index in [1.54, 1.807) is 7.11 Å². The van der Waals surface area contributed by atoms with E-state index in [1.165, 1.54) is 16.7 Å². The Morgan fingerprint density at radius 3 is 2.29 bits per heavy atom. The standard InChI is InChI=1S/C18H22BrNO/c1-12-5-10-17(18(11-12)21-4)14(3)20-13(2)15-6-8-16(19)9-7-15/h5-11,13-14,20H,1-4H3/t13-,14?/m0/s1. The van der Waals surface area contributed by atoms with Crippen molar-refractivity contribution in [3.8, 4) is 5.75 Å². The van der Waals surface area contributed by atoms with Crippen LogP contribution in [0.25, 0.3) is 0 Å². The predicted octanol–water partition coefficient (Wildman–Crippen LogP) is 5.18. The molecule has 0 radical (unpaired) electrons. The van der Waals surface area contributed by atoms with Crippen LogP contribution in [0.2, 0.25) is 0 Å². The molecule has 3 heteroatoms. The molecule has 0 saturated heterocycles. The van der Waals surface area contributed by atoms with E-state index < -0.39 is 0 Å². The molecule has 2 aromatic carbocycles. The van der Waals surface area contributed by atoms with Gasteiger partial charge in [-0.25, -0.2) is 0 Å². The van der Waals surface area contributed by atoms with Crippen molar-refractivity contribution >= 4 is 15.9 Å². The van der Waals surface area contributed by atoms with E-state index in [0.29, 0.717) is 0 Å². The summed E-state index contributed by atoms with van der Waals surface area (Å²) in [7, 11) is 1.73. The van der Waals surface area contributed by atoms with Crippen molar-refractivity contribution < 1.29 is 4.74 Å². The number of rotatable bonds is 5. The molecule has 1 unspecified atom stereocenters. The van der Waals surface area contributed by atoms with Crippen LogP contribution in [-0.4, -0.2) is 7.11 Å². The highest BCUT2D eigenvalue weighted by Gasteiger charge is 2.14. The summed E-state index contributed by atoms with van der Waals surface area (Å²) in [5.74, 6) is 0.943. The van der Waals surface area contributed by atoms with Gasteiger partial charge in [0, 0.05) is 22.1 Å². The minimum atomic E-state index is 0.221. The zero-order chi connectivity index (χ0) is 15.4. The van der Waals surface area contributed by atoms with Crippen LogP contribution in [0.15, 0.2) is 46.9 Å². The quantitative estimate of drug-likeness (QED) is 0.804. The molecule has 21 heavy (non-hydrogen) atoms. The first-order valence-electron chi connectivity index (χ1n) is 7.17. The second-order valence-corrected chi connectivity index (χ2v) is 6.32. The van der Waals surface area contributed by atoms with Crippen molar-refractivity contribution in [1.82, 2.24) is 5.32 Å². The third-order valence-electron chi connectivity index (χ3n) is 3.73. The molecule has 2 aromatic rings. The number of methoxy groups -OCH3 is 1. The van der Waals surface area contributed by atoms with Gasteiger partial charge < -0.3 is 10.1 Å². The number of aryl methyl sites for hydroxylation is 1. The van der Waals surface area contributed by atoms with Gasteiger partial charge in [-0.05, 0) is 50.1 Å². The first-order chi connectivity index (χ1) is 10.0. The summed E-state index contributed by atoms with van der Waals surface area (Å²) >= 11 is 3.47. The summed E-state index contributed by atoms with van der Waals surface area (Å²) in [5.41, 5.74) is 3.67. The Balaban J connectivity index is 2.13. The number of benzene rings is 2. The zero-order valence-corrected chi connectivity index (χ0v) is 14.6. The van der Waals surface area contributed by atoms with Gasteiger partial charge in [0.1, 0.15) is 5.75 Å². The molecule has 0 saturated carbocycles. The van der Waals surface area contributed by atoms with Gasteiger partial charge in [-0.15, -0.1) is 0 Å². The topological polar surface area (TPSA) is 21.3 Å². The molecular weight excluding hydrogens is 326 g/mol. The molecule has 0 heterocycles. The van der Waals surface area contributed by atoms with Crippen LogP contribution in [0, 0.1) is 6.92 Å². The minimum absolute atomic E-state index is 0.221. The van der Waals surface area contributed by atoms with E-state index in [4.69, 9.17) is 4.74 Å². The molecule has 2 nitrogen and oxygen atoms in total. The zero-order valence-electron chi connectivity index (χ0n) is 13.0. The lowest BCUT2D eigenvalue weighted by atomic mass is 10.0. The fourth-order valence-corrected chi connectivity index (χ4v) is 2.75. The van der Waals surface area contributed by atoms with Crippen molar-refractivity contribution in [2.75, 3.05) is 7.11 Å². The van der Waals surface area contributed by atoms with Gasteiger partial charge in [-0.2, -0.15) is 0 Å². The smallest absolute Gasteiger partial charge is 0.123 e. The van der Waals surface area contributed by atoms with Gasteiger partial charge >= 0.3 is 0 Å². The first-order valence-corrected chi connectivity index (χ1v) is 7.96. The van der Waals surface area contributed by atoms with Crippen LogP contribution in [0.5, 0.6) is 5.75 Å². The maximum absolute atomic E-state index is 5.50. The van der Waals surface area contributed by atoms with E-state index in [1.807, 2.05) is 0 Å². The molecule has 0 aromatic heterocycles. The predicted molar refractivity (Wildman–Crippen MR) is 91.8 cm³/mol. The highest BCUT2D eigenvalue weighted by atomic mass is 79.9. The molecule has 0 aliphatic carbocycles. The number of nitrogens with one attached hydrogen (secondary N) is 1. The maximum atomic E-state index is 5.50. The van der Waals surface area contributed by atoms with Gasteiger partial charge in [0.2, 0.25) is 0 Å². The van der Waals surface area contributed by atoms with Gasteiger partial charge in [0.25, 0.3) is 0 Å². The van der Waals surface area contributed by atoms with Crippen LogP contribution in [-0.2, 0) is 0 Å². The molecule has 0 aliphatic heterocycles. The SMILES string of the molecule is COc1cc(C)ccc1C(C)N[C@@H](C)c1ccc(Br)cc1. The minimum Gasteiger partial charge on any atom is -0.496 e. The van der Waals surface area contributed by atoms with Gasteiger partial charge in [0.15, 0.2) is 0 Å². The van der Waals surface area contributed by atoms with E-state index in [-0.39, 0.29) is 12.1 Å². The lowest BCUT2D eigenvalue weighted by molar-refractivity contribution is 0.396. The molecule has 1 N–H and O–H groups in total. The van der Waals surface area contributed by atoms with Crippen molar-refractivity contribution in [3.63, 3.8) is 0 Å². The summed E-state index contributed by atoms with van der Waals surface area (Å²) in [6.07, 6.45) is 0. The van der Waals surface area contributed by atoms with Crippen LogP contribution >= 0.6 is 15.9 Å². The lowest BCUT2D eigenvalue weighted by Crippen LogP contribution is -2.22. The second-order valence-electron chi connectivity index (χ2n) is 5.41. The Hall–Kier alpha value is -1.32. The van der Waals surface area contributed by atoms with Gasteiger partial charge in [0.05, 0.1) is 7.11 Å². The molecule has 0 spiro atoms. The van der Waals surface area contributed by atoms with Crippen LogP contribution in [0.4, 0.5) is 0 Å². The van der Waals surface area contributed by atoms with Crippen LogP contribution in [0.3, 0.4) is 0 Å². The van der Waals surface area contributed by atoms with E-state index in [9.17, 15) is 0 Å². The molecular formula is C18H22BrNO. The van der Waals surface area contributed by atoms with E-state index >= 15 is 0 Å². The Labute approximate surface area is 135 Å². The average molecular weight is 348 g/mol. The Bertz CT molecular complexity index is 595. The molecule has 2 atom stereocenters. The Morgan fingerprint density at radius 2 is 1.67 bits per heavy atom. The summed E-state index contributed by atoms with van der Waals surface area (Å²) in [5, 5.41) is 3.63. The summed E-state index contributed by atoms with van der Waals surface area (Å²) < 4.78 is 6.61. The fourth-order valence-electron chi connectivity index (χ4n) is 2.49. The highest BCUT2D eigenvalue weighted by Crippen LogP contribution is 2.28. The molecule has 0 amide bonds. The molecule has 0 bridgehead atoms. The second kappa shape index (κ2) is 7.10. The number of hydrogen-bond acceptors (Lipinski definition) is 2. The summed E-state index contributed by atoms with van der Waals surface area (Å²) in [6.45, 7) is 6.43.